The van der Waals surface area contributed by atoms with E-state index in [0.717, 1.165) is 35.6 Å². The lowest BCUT2D eigenvalue weighted by Gasteiger charge is -2.14. The number of anilines is 1. The van der Waals surface area contributed by atoms with Crippen LogP contribution in [0.5, 0.6) is 0 Å². The Hall–Kier alpha value is -3.12. The van der Waals surface area contributed by atoms with Gasteiger partial charge in [-0.1, -0.05) is 29.8 Å². The summed E-state index contributed by atoms with van der Waals surface area (Å²) < 4.78 is 2.00. The fourth-order valence-corrected chi connectivity index (χ4v) is 3.54. The van der Waals surface area contributed by atoms with E-state index in [1.54, 1.807) is 24.3 Å². The average molecular weight is 438 g/mol. The van der Waals surface area contributed by atoms with Crippen LogP contribution in [-0.2, 0) is 13.0 Å². The second-order valence-corrected chi connectivity index (χ2v) is 7.78. The number of amides is 1. The van der Waals surface area contributed by atoms with Gasteiger partial charge in [0.15, 0.2) is 0 Å². The molecule has 0 saturated heterocycles. The number of aliphatic imine (C=N–C) groups is 1. The van der Waals surface area contributed by atoms with Gasteiger partial charge in [-0.3, -0.25) is 19.8 Å². The first-order valence-electron chi connectivity index (χ1n) is 10.4. The van der Waals surface area contributed by atoms with Crippen LogP contribution in [0.25, 0.3) is 0 Å². The van der Waals surface area contributed by atoms with Crippen molar-refractivity contribution in [2.24, 2.45) is 4.99 Å². The Morgan fingerprint density at radius 3 is 2.45 bits per heavy atom. The minimum absolute atomic E-state index is 0.248. The van der Waals surface area contributed by atoms with Gasteiger partial charge < -0.3 is 5.32 Å². The first-order valence-corrected chi connectivity index (χ1v) is 10.7. The summed E-state index contributed by atoms with van der Waals surface area (Å²) in [5, 5.41) is 11.3. The van der Waals surface area contributed by atoms with Crippen molar-refractivity contribution in [2.45, 2.75) is 40.7 Å². The van der Waals surface area contributed by atoms with Crippen molar-refractivity contribution >= 4 is 29.2 Å². The zero-order chi connectivity index (χ0) is 22.4. The minimum Gasteiger partial charge on any atom is -0.326 e. The number of carbonyl (C=O) groups excluding carboxylic acids is 1. The summed E-state index contributed by atoms with van der Waals surface area (Å²) in [5.41, 5.74) is 5.85. The first-order chi connectivity index (χ1) is 14.9. The van der Waals surface area contributed by atoms with Gasteiger partial charge >= 0.3 is 0 Å². The molecule has 2 aromatic carbocycles. The summed E-state index contributed by atoms with van der Waals surface area (Å²) in [6.07, 6.45) is 0.743. The summed E-state index contributed by atoms with van der Waals surface area (Å²) in [5.74, 6) is 0.162. The number of aryl methyl sites for hydroxylation is 3. The quantitative estimate of drug-likeness (QED) is 0.424. The maximum Gasteiger partial charge on any atom is 0.257 e. The molecule has 0 atom stereocenters. The molecule has 1 amide bonds. The van der Waals surface area contributed by atoms with Crippen LogP contribution in [0.15, 0.2) is 53.5 Å². The molecule has 6 nitrogen and oxygen atoms in total. The number of nitrogens with zero attached hydrogens (tertiary/aromatic N) is 3. The molecule has 0 fully saturated rings. The predicted octanol–water partition coefficient (Wildman–Crippen LogP) is 4.92. The van der Waals surface area contributed by atoms with E-state index in [2.05, 4.69) is 34.6 Å². The van der Waals surface area contributed by atoms with Crippen LogP contribution in [0.4, 0.5) is 5.69 Å². The number of rotatable bonds is 6. The monoisotopic (exact) mass is 437 g/mol. The highest BCUT2D eigenvalue weighted by molar-refractivity contribution is 6.30. The Balaban J connectivity index is 1.79. The van der Waals surface area contributed by atoms with Gasteiger partial charge in [0.05, 0.1) is 5.69 Å². The van der Waals surface area contributed by atoms with E-state index in [1.165, 1.54) is 5.56 Å². The Labute approximate surface area is 188 Å². The fraction of sp³-hybridized carbons (Fsp3) is 0.292. The van der Waals surface area contributed by atoms with Crippen molar-refractivity contribution < 1.29 is 4.79 Å². The third-order valence-corrected chi connectivity index (χ3v) is 5.45. The van der Waals surface area contributed by atoms with Crippen molar-refractivity contribution in [1.82, 2.24) is 15.1 Å². The predicted molar refractivity (Wildman–Crippen MR) is 127 cm³/mol. The lowest BCUT2D eigenvalue weighted by molar-refractivity contribution is 0.0977. The van der Waals surface area contributed by atoms with Crippen molar-refractivity contribution in [3.05, 3.63) is 81.6 Å². The third-order valence-electron chi connectivity index (χ3n) is 5.20. The van der Waals surface area contributed by atoms with E-state index in [-0.39, 0.29) is 5.91 Å². The number of guanidine groups is 1. The normalized spacial score (nSPS) is 11.5. The van der Waals surface area contributed by atoms with Crippen LogP contribution in [0.2, 0.25) is 5.02 Å². The Morgan fingerprint density at radius 1 is 1.10 bits per heavy atom. The Morgan fingerprint density at radius 2 is 1.81 bits per heavy atom. The van der Waals surface area contributed by atoms with Crippen molar-refractivity contribution in [3.63, 3.8) is 0 Å². The van der Waals surface area contributed by atoms with E-state index in [1.807, 2.05) is 42.8 Å². The van der Waals surface area contributed by atoms with Gasteiger partial charge in [-0.25, -0.2) is 0 Å². The fourth-order valence-electron chi connectivity index (χ4n) is 3.42. The summed E-state index contributed by atoms with van der Waals surface area (Å²) in [6, 6.07) is 14.6. The van der Waals surface area contributed by atoms with Gasteiger partial charge in [-0.05, 0) is 75.6 Å². The van der Waals surface area contributed by atoms with Crippen LogP contribution in [0.3, 0.4) is 0 Å². The molecular weight excluding hydrogens is 410 g/mol. The highest BCUT2D eigenvalue weighted by Gasteiger charge is 2.12. The summed E-state index contributed by atoms with van der Waals surface area (Å²) in [7, 11) is 0. The Kier molecular flexibility index (Phi) is 7.47. The molecule has 1 heterocycles. The Bertz CT molecular complexity index is 1090. The number of hydrogen-bond acceptors (Lipinski definition) is 3. The molecule has 7 heteroatoms. The molecule has 0 aliphatic heterocycles. The lowest BCUT2D eigenvalue weighted by Crippen LogP contribution is -2.36. The molecular formula is C24H28ClN5O. The van der Waals surface area contributed by atoms with Gasteiger partial charge in [-0.2, -0.15) is 5.10 Å². The standard InChI is InChI=1S/C24H28ClN5O/c1-5-30-18(4)21(17(3)29-30)14-15-26-24(27-22-9-7-6-8-16(22)2)28-23(31)19-10-12-20(25)13-11-19/h6-13H,5,14-15H2,1-4H3,(H2,26,27,28,31). The highest BCUT2D eigenvalue weighted by atomic mass is 35.5. The molecule has 0 unspecified atom stereocenters. The van der Waals surface area contributed by atoms with Crippen molar-refractivity contribution in [2.75, 3.05) is 11.9 Å². The van der Waals surface area contributed by atoms with Crippen molar-refractivity contribution in [3.8, 4) is 0 Å². The number of aromatic nitrogens is 2. The van der Waals surface area contributed by atoms with Crippen LogP contribution in [-0.4, -0.2) is 28.2 Å². The molecule has 1 aromatic heterocycles. The molecule has 3 rings (SSSR count). The molecule has 162 valence electrons. The van der Waals surface area contributed by atoms with E-state index >= 15 is 0 Å². The van der Waals surface area contributed by atoms with Gasteiger partial charge in [0, 0.05) is 35.1 Å². The van der Waals surface area contributed by atoms with Crippen LogP contribution < -0.4 is 10.6 Å². The number of halogens is 1. The van der Waals surface area contributed by atoms with Gasteiger partial charge in [0.1, 0.15) is 0 Å². The molecule has 2 N–H and O–H groups in total. The van der Waals surface area contributed by atoms with E-state index in [4.69, 9.17) is 11.6 Å². The molecule has 0 aliphatic rings. The molecule has 0 bridgehead atoms. The highest BCUT2D eigenvalue weighted by Crippen LogP contribution is 2.15. The van der Waals surface area contributed by atoms with Gasteiger partial charge in [0.25, 0.3) is 5.91 Å². The molecule has 31 heavy (non-hydrogen) atoms. The lowest BCUT2D eigenvalue weighted by atomic mass is 10.1. The zero-order valence-electron chi connectivity index (χ0n) is 18.4. The number of carbonyl (C=O) groups is 1. The SMILES string of the molecule is CCn1nc(C)c(CCN=C(NC(=O)c2ccc(Cl)cc2)Nc2ccccc2C)c1C. The summed E-state index contributed by atoms with van der Waals surface area (Å²) >= 11 is 5.94. The number of benzene rings is 2. The van der Waals surface area contributed by atoms with Crippen LogP contribution in [0, 0.1) is 20.8 Å². The maximum absolute atomic E-state index is 12.7. The largest absolute Gasteiger partial charge is 0.326 e. The molecule has 3 aromatic rings. The number of nitrogens with one attached hydrogen (secondary N) is 2. The van der Waals surface area contributed by atoms with E-state index in [9.17, 15) is 4.79 Å². The molecule has 0 aliphatic carbocycles. The minimum atomic E-state index is -0.248. The second-order valence-electron chi connectivity index (χ2n) is 7.35. The molecule has 0 radical (unpaired) electrons. The first kappa shape index (κ1) is 22.6. The second kappa shape index (κ2) is 10.3. The maximum atomic E-state index is 12.7. The topological polar surface area (TPSA) is 71.3 Å². The molecule has 0 spiro atoms. The number of hydrogen-bond donors (Lipinski definition) is 2. The van der Waals surface area contributed by atoms with Crippen LogP contribution in [0.1, 0.15) is 39.8 Å². The number of para-hydroxylation sites is 1. The smallest absolute Gasteiger partial charge is 0.257 e. The average Bonchev–Trinajstić information content (AvgIpc) is 3.03. The van der Waals surface area contributed by atoms with Gasteiger partial charge in [-0.15, -0.1) is 0 Å². The summed E-state index contributed by atoms with van der Waals surface area (Å²) in [6.45, 7) is 9.55. The summed E-state index contributed by atoms with van der Waals surface area (Å²) in [4.78, 5) is 17.4. The van der Waals surface area contributed by atoms with Gasteiger partial charge in [0.2, 0.25) is 5.96 Å². The van der Waals surface area contributed by atoms with E-state index in [0.29, 0.717) is 23.1 Å². The zero-order valence-corrected chi connectivity index (χ0v) is 19.1. The van der Waals surface area contributed by atoms with Crippen molar-refractivity contribution in [1.29, 1.82) is 0 Å². The van der Waals surface area contributed by atoms with Crippen LogP contribution >= 0.6 is 11.6 Å². The third kappa shape index (κ3) is 5.73. The van der Waals surface area contributed by atoms with E-state index < -0.39 is 0 Å². The molecule has 0 saturated carbocycles.